The van der Waals surface area contributed by atoms with Crippen molar-refractivity contribution in [1.82, 2.24) is 9.37 Å². The van der Waals surface area contributed by atoms with E-state index >= 15 is 4.39 Å². The summed E-state index contributed by atoms with van der Waals surface area (Å²) in [6.45, 7) is 5.96. The molecule has 0 bridgehead atoms. The molecule has 0 radical (unpaired) electrons. The fraction of sp³-hybridized carbons (Fsp3) is 0.500. The first kappa shape index (κ1) is 28.4. The predicted molar refractivity (Wildman–Crippen MR) is 142 cm³/mol. The SMILES string of the molecule is C=C(c1cc(C2CC2)c(CN2CCC(Cc3cc(Cl)cc(OC(F)(F)F)c3)CC2)cc1F)N(O)S(=O)C1CC1. The third kappa shape index (κ3) is 7.34. The number of ether oxygens (including phenoxy) is 1. The summed E-state index contributed by atoms with van der Waals surface area (Å²) >= 11 is 6.02. The van der Waals surface area contributed by atoms with Crippen LogP contribution in [0.1, 0.15) is 66.7 Å². The first-order chi connectivity index (χ1) is 18.5. The van der Waals surface area contributed by atoms with Crippen molar-refractivity contribution in [2.24, 2.45) is 5.92 Å². The second-order valence-corrected chi connectivity index (χ2v) is 12.8. The molecule has 212 valence electrons. The lowest BCUT2D eigenvalue weighted by molar-refractivity contribution is -0.274. The molecule has 2 aliphatic carbocycles. The zero-order valence-corrected chi connectivity index (χ0v) is 22.9. The highest BCUT2D eigenvalue weighted by molar-refractivity contribution is 7.83. The summed E-state index contributed by atoms with van der Waals surface area (Å²) in [6.07, 6.45) is 1.11. The number of likely N-dealkylation sites (tertiary alicyclic amines) is 1. The Morgan fingerprint density at radius 2 is 1.79 bits per heavy atom. The molecule has 2 aromatic rings. The molecule has 11 heteroatoms. The number of halogens is 5. The average molecular weight is 587 g/mol. The highest BCUT2D eigenvalue weighted by Gasteiger charge is 2.35. The van der Waals surface area contributed by atoms with E-state index in [2.05, 4.69) is 16.2 Å². The van der Waals surface area contributed by atoms with Crippen molar-refractivity contribution in [1.29, 1.82) is 0 Å². The zero-order valence-electron chi connectivity index (χ0n) is 21.4. The van der Waals surface area contributed by atoms with Crippen LogP contribution in [0.2, 0.25) is 5.02 Å². The van der Waals surface area contributed by atoms with Gasteiger partial charge in [0.25, 0.3) is 0 Å². The summed E-state index contributed by atoms with van der Waals surface area (Å²) in [6, 6.07) is 7.49. The highest BCUT2D eigenvalue weighted by Crippen LogP contribution is 2.44. The number of hydrogen-bond acceptors (Lipinski definition) is 4. The van der Waals surface area contributed by atoms with Crippen LogP contribution in [-0.4, -0.2) is 43.5 Å². The summed E-state index contributed by atoms with van der Waals surface area (Å²) in [5, 5.41) is 10.5. The van der Waals surface area contributed by atoms with E-state index < -0.39 is 23.2 Å². The maximum atomic E-state index is 15.2. The molecule has 1 saturated heterocycles. The van der Waals surface area contributed by atoms with Crippen LogP contribution >= 0.6 is 11.6 Å². The van der Waals surface area contributed by atoms with Crippen LogP contribution < -0.4 is 4.74 Å². The molecule has 2 saturated carbocycles. The maximum absolute atomic E-state index is 15.2. The molecule has 1 atom stereocenters. The monoisotopic (exact) mass is 586 g/mol. The molecule has 3 aliphatic rings. The van der Waals surface area contributed by atoms with Gasteiger partial charge in [0, 0.05) is 17.1 Å². The Bertz CT molecular complexity index is 1260. The minimum absolute atomic E-state index is 0.0109. The molecular weight excluding hydrogens is 556 g/mol. The van der Waals surface area contributed by atoms with Crippen molar-refractivity contribution in [3.05, 3.63) is 70.0 Å². The van der Waals surface area contributed by atoms with E-state index in [0.717, 1.165) is 68.8 Å². The molecule has 1 unspecified atom stereocenters. The summed E-state index contributed by atoms with van der Waals surface area (Å²) in [5.74, 6) is -0.196. The Morgan fingerprint density at radius 1 is 1.10 bits per heavy atom. The van der Waals surface area contributed by atoms with Crippen LogP contribution in [0.15, 0.2) is 36.9 Å². The van der Waals surface area contributed by atoms with Crippen LogP contribution in [0.4, 0.5) is 17.6 Å². The first-order valence-electron chi connectivity index (χ1n) is 13.2. The second-order valence-electron chi connectivity index (χ2n) is 10.8. The molecule has 39 heavy (non-hydrogen) atoms. The number of hydroxylamine groups is 1. The molecule has 1 aliphatic heterocycles. The third-order valence-corrected chi connectivity index (χ3v) is 9.38. The van der Waals surface area contributed by atoms with Crippen LogP contribution in [0, 0.1) is 11.7 Å². The predicted octanol–water partition coefficient (Wildman–Crippen LogP) is 7.20. The van der Waals surface area contributed by atoms with Crippen molar-refractivity contribution in [2.75, 3.05) is 13.1 Å². The molecule has 5 rings (SSSR count). The van der Waals surface area contributed by atoms with Crippen LogP contribution in [0.25, 0.3) is 5.70 Å². The molecule has 0 aromatic heterocycles. The van der Waals surface area contributed by atoms with Gasteiger partial charge >= 0.3 is 6.36 Å². The number of nitrogens with zero attached hydrogens (tertiary/aromatic N) is 2. The van der Waals surface area contributed by atoms with Gasteiger partial charge in [0.1, 0.15) is 22.6 Å². The van der Waals surface area contributed by atoms with E-state index in [-0.39, 0.29) is 33.2 Å². The van der Waals surface area contributed by atoms with Crippen molar-refractivity contribution < 1.29 is 31.7 Å². The van der Waals surface area contributed by atoms with Gasteiger partial charge in [0.05, 0.1) is 10.9 Å². The van der Waals surface area contributed by atoms with E-state index in [9.17, 15) is 22.6 Å². The zero-order chi connectivity index (χ0) is 27.9. The molecule has 1 heterocycles. The minimum Gasteiger partial charge on any atom is -0.406 e. The van der Waals surface area contributed by atoms with E-state index in [4.69, 9.17) is 11.6 Å². The number of hydrogen-bond donors (Lipinski definition) is 1. The molecule has 5 nitrogen and oxygen atoms in total. The van der Waals surface area contributed by atoms with Gasteiger partial charge in [-0.2, -0.15) is 4.47 Å². The lowest BCUT2D eigenvalue weighted by atomic mass is 9.89. The smallest absolute Gasteiger partial charge is 0.406 e. The average Bonchev–Trinajstić information content (AvgIpc) is 3.76. The van der Waals surface area contributed by atoms with Crippen LogP contribution in [-0.2, 0) is 24.0 Å². The van der Waals surface area contributed by atoms with E-state index in [1.54, 1.807) is 12.1 Å². The number of rotatable bonds is 10. The summed E-state index contributed by atoms with van der Waals surface area (Å²) in [4.78, 5) is 2.27. The Labute approximate surface area is 232 Å². The molecular formula is C28H31ClF4N2O3S. The third-order valence-electron chi connectivity index (χ3n) is 7.56. The topological polar surface area (TPSA) is 53.0 Å². The Hall–Kier alpha value is -2.14. The number of alkyl halides is 3. The van der Waals surface area contributed by atoms with E-state index in [1.165, 1.54) is 12.1 Å². The standard InChI is InChI=1S/C28H31ClF4N2O3S/c1-17(35(36)39(37)24-4-5-24)25-15-26(20-2-3-20)21(13-27(25)30)16-34-8-6-18(7-9-34)10-19-11-22(29)14-23(12-19)38-28(31,32)33/h11-15,18,20,24,36H,1-10,16H2. The fourth-order valence-corrected chi connectivity index (χ4v) is 6.63. The van der Waals surface area contributed by atoms with Crippen LogP contribution in [0.5, 0.6) is 5.75 Å². The highest BCUT2D eigenvalue weighted by atomic mass is 35.5. The molecule has 3 fully saturated rings. The van der Waals surface area contributed by atoms with Gasteiger partial charge in [-0.05, 0) is 117 Å². The van der Waals surface area contributed by atoms with Gasteiger partial charge in [-0.1, -0.05) is 18.2 Å². The lowest BCUT2D eigenvalue weighted by Crippen LogP contribution is -2.34. The van der Waals surface area contributed by atoms with Crippen molar-refractivity contribution in [3.63, 3.8) is 0 Å². The summed E-state index contributed by atoms with van der Waals surface area (Å²) < 4.78 is 70.1. The van der Waals surface area contributed by atoms with E-state index in [0.29, 0.717) is 28.9 Å². The lowest BCUT2D eigenvalue weighted by Gasteiger charge is -2.33. The second kappa shape index (κ2) is 11.4. The van der Waals surface area contributed by atoms with E-state index in [1.807, 2.05) is 0 Å². The molecule has 2 aromatic carbocycles. The molecule has 0 spiro atoms. The number of benzene rings is 2. The minimum atomic E-state index is -4.77. The maximum Gasteiger partial charge on any atom is 0.573 e. The van der Waals surface area contributed by atoms with Gasteiger partial charge in [-0.15, -0.1) is 13.2 Å². The Kier molecular flexibility index (Phi) is 8.29. The van der Waals surface area contributed by atoms with Gasteiger partial charge < -0.3 is 4.74 Å². The quantitative estimate of drug-likeness (QED) is 0.236. The van der Waals surface area contributed by atoms with Crippen LogP contribution in [0.3, 0.4) is 0 Å². The van der Waals surface area contributed by atoms with Gasteiger partial charge in [0.15, 0.2) is 0 Å². The Balaban J connectivity index is 1.22. The summed E-state index contributed by atoms with van der Waals surface area (Å²) in [5.41, 5.74) is 2.83. The molecule has 0 amide bonds. The van der Waals surface area contributed by atoms with Gasteiger partial charge in [-0.3, -0.25) is 10.1 Å². The van der Waals surface area contributed by atoms with Gasteiger partial charge in [0.2, 0.25) is 0 Å². The first-order valence-corrected chi connectivity index (χ1v) is 14.7. The summed E-state index contributed by atoms with van der Waals surface area (Å²) in [7, 11) is -1.63. The Morgan fingerprint density at radius 3 is 2.41 bits per heavy atom. The number of piperidine rings is 1. The van der Waals surface area contributed by atoms with Crippen molar-refractivity contribution in [3.8, 4) is 5.75 Å². The molecule has 1 N–H and O–H groups in total. The van der Waals surface area contributed by atoms with Gasteiger partial charge in [-0.25, -0.2) is 8.60 Å². The van der Waals surface area contributed by atoms with Crippen molar-refractivity contribution >= 4 is 28.3 Å². The normalized spacial score (nSPS) is 19.6. The van der Waals surface area contributed by atoms with Crippen molar-refractivity contribution in [2.45, 2.75) is 69.0 Å². The fourth-order valence-electron chi connectivity index (χ4n) is 5.24. The largest absolute Gasteiger partial charge is 0.573 e.